The summed E-state index contributed by atoms with van der Waals surface area (Å²) >= 11 is 2.94. The van der Waals surface area contributed by atoms with Crippen molar-refractivity contribution in [3.8, 4) is 15.6 Å². The van der Waals surface area contributed by atoms with Gasteiger partial charge in [0.2, 0.25) is 0 Å². The molecule has 0 aliphatic heterocycles. The van der Waals surface area contributed by atoms with E-state index in [-0.39, 0.29) is 4.90 Å². The van der Waals surface area contributed by atoms with Crippen molar-refractivity contribution in [2.24, 2.45) is 0 Å². The predicted molar refractivity (Wildman–Crippen MR) is 103 cm³/mol. The monoisotopic (exact) mass is 394 g/mol. The molecule has 0 aliphatic rings. The number of rotatable bonds is 5. The second kappa shape index (κ2) is 6.78. The van der Waals surface area contributed by atoms with E-state index in [1.54, 1.807) is 25.1 Å². The first-order valence-electron chi connectivity index (χ1n) is 7.50. The summed E-state index contributed by atoms with van der Waals surface area (Å²) in [5, 5.41) is 2.79. The van der Waals surface area contributed by atoms with Crippen LogP contribution in [0.4, 0.5) is 5.69 Å². The minimum absolute atomic E-state index is 0.268. The first kappa shape index (κ1) is 17.9. The molecule has 0 fully saturated rings. The van der Waals surface area contributed by atoms with E-state index >= 15 is 0 Å². The summed E-state index contributed by atoms with van der Waals surface area (Å²) in [4.78, 5) is 6.28. The first-order chi connectivity index (χ1) is 11.8. The van der Waals surface area contributed by atoms with Crippen LogP contribution in [-0.2, 0) is 10.0 Å². The van der Waals surface area contributed by atoms with Gasteiger partial charge in [0.1, 0.15) is 15.7 Å². The summed E-state index contributed by atoms with van der Waals surface area (Å²) in [6, 6.07) is 7.05. The molecule has 0 saturated carbocycles. The van der Waals surface area contributed by atoms with E-state index in [0.29, 0.717) is 11.4 Å². The van der Waals surface area contributed by atoms with Crippen molar-refractivity contribution in [2.75, 3.05) is 11.8 Å². The second-order valence-corrected chi connectivity index (χ2v) is 9.40. The SMILES string of the molecule is COc1ccc(C)cc1NS(=O)(=O)c1cc(-c2nc(C)cs2)sc1C. The number of thiazole rings is 1. The number of aromatic nitrogens is 1. The Morgan fingerprint density at radius 2 is 1.92 bits per heavy atom. The van der Waals surface area contributed by atoms with Gasteiger partial charge in [0.25, 0.3) is 10.0 Å². The van der Waals surface area contributed by atoms with Gasteiger partial charge in [-0.15, -0.1) is 22.7 Å². The van der Waals surface area contributed by atoms with Crippen molar-refractivity contribution in [2.45, 2.75) is 25.7 Å². The van der Waals surface area contributed by atoms with Gasteiger partial charge in [-0.05, 0) is 44.5 Å². The molecule has 1 N–H and O–H groups in total. The fourth-order valence-corrected chi connectivity index (χ4v) is 5.92. The van der Waals surface area contributed by atoms with Crippen molar-refractivity contribution in [3.63, 3.8) is 0 Å². The molecule has 8 heteroatoms. The summed E-state index contributed by atoms with van der Waals surface area (Å²) in [6.45, 7) is 5.62. The van der Waals surface area contributed by atoms with Crippen LogP contribution in [-0.4, -0.2) is 20.5 Å². The second-order valence-electron chi connectivity index (χ2n) is 5.63. The van der Waals surface area contributed by atoms with Crippen LogP contribution in [0.25, 0.3) is 9.88 Å². The van der Waals surface area contributed by atoms with Crippen LogP contribution >= 0.6 is 22.7 Å². The summed E-state index contributed by atoms with van der Waals surface area (Å²) < 4.78 is 33.6. The Kier molecular flexibility index (Phi) is 4.86. The van der Waals surface area contributed by atoms with Gasteiger partial charge in [0, 0.05) is 16.0 Å². The predicted octanol–water partition coefficient (Wildman–Crippen LogP) is 4.61. The minimum Gasteiger partial charge on any atom is -0.495 e. The van der Waals surface area contributed by atoms with Crippen LogP contribution in [0.2, 0.25) is 0 Å². The lowest BCUT2D eigenvalue weighted by atomic mass is 10.2. The highest BCUT2D eigenvalue weighted by molar-refractivity contribution is 7.93. The quantitative estimate of drug-likeness (QED) is 0.686. The third-order valence-corrected chi connectivity index (χ3v) is 7.39. The number of methoxy groups -OCH3 is 1. The molecule has 0 radical (unpaired) electrons. The van der Waals surface area contributed by atoms with Crippen LogP contribution in [0, 0.1) is 20.8 Å². The largest absolute Gasteiger partial charge is 0.495 e. The molecule has 0 unspecified atom stereocenters. The lowest BCUT2D eigenvalue weighted by molar-refractivity contribution is 0.417. The molecule has 3 rings (SSSR count). The number of sulfonamides is 1. The number of hydrogen-bond donors (Lipinski definition) is 1. The van der Waals surface area contributed by atoms with Gasteiger partial charge >= 0.3 is 0 Å². The molecule has 0 amide bonds. The van der Waals surface area contributed by atoms with Crippen molar-refractivity contribution in [3.05, 3.63) is 45.8 Å². The normalized spacial score (nSPS) is 11.5. The van der Waals surface area contributed by atoms with Gasteiger partial charge in [0.05, 0.1) is 17.7 Å². The van der Waals surface area contributed by atoms with Gasteiger partial charge in [-0.1, -0.05) is 6.07 Å². The van der Waals surface area contributed by atoms with Crippen molar-refractivity contribution < 1.29 is 13.2 Å². The molecule has 2 aromatic heterocycles. The highest BCUT2D eigenvalue weighted by Crippen LogP contribution is 2.36. The molecule has 0 spiro atoms. The van der Waals surface area contributed by atoms with Gasteiger partial charge in [0.15, 0.2) is 0 Å². The maximum Gasteiger partial charge on any atom is 0.263 e. The number of hydrogen-bond acceptors (Lipinski definition) is 6. The van der Waals surface area contributed by atoms with Crippen LogP contribution in [0.1, 0.15) is 16.1 Å². The van der Waals surface area contributed by atoms with E-state index < -0.39 is 10.0 Å². The third kappa shape index (κ3) is 3.70. The average Bonchev–Trinajstić information content (AvgIpc) is 3.13. The van der Waals surface area contributed by atoms with Crippen molar-refractivity contribution >= 4 is 38.4 Å². The van der Waals surface area contributed by atoms with Crippen molar-refractivity contribution in [1.29, 1.82) is 0 Å². The maximum atomic E-state index is 12.9. The molecule has 0 atom stereocenters. The summed E-state index contributed by atoms with van der Waals surface area (Å²) in [7, 11) is -2.20. The zero-order chi connectivity index (χ0) is 18.2. The number of ether oxygens (including phenoxy) is 1. The zero-order valence-electron chi connectivity index (χ0n) is 14.3. The summed E-state index contributed by atoms with van der Waals surface area (Å²) in [6.07, 6.45) is 0. The Bertz CT molecular complexity index is 1020. The Hall–Kier alpha value is -1.90. The maximum absolute atomic E-state index is 12.9. The lowest BCUT2D eigenvalue weighted by Gasteiger charge is -2.12. The van der Waals surface area contributed by atoms with E-state index in [1.807, 2.05) is 25.3 Å². The summed E-state index contributed by atoms with van der Waals surface area (Å²) in [5.41, 5.74) is 2.30. The first-order valence-corrected chi connectivity index (χ1v) is 10.7. The number of aryl methyl sites for hydroxylation is 3. The van der Waals surface area contributed by atoms with Crippen LogP contribution in [0.15, 0.2) is 34.5 Å². The fourth-order valence-electron chi connectivity index (χ4n) is 2.41. The van der Waals surface area contributed by atoms with Gasteiger partial charge < -0.3 is 4.74 Å². The van der Waals surface area contributed by atoms with Gasteiger partial charge in [-0.25, -0.2) is 13.4 Å². The van der Waals surface area contributed by atoms with E-state index in [4.69, 9.17) is 4.74 Å². The van der Waals surface area contributed by atoms with E-state index in [9.17, 15) is 8.42 Å². The minimum atomic E-state index is -3.72. The molecule has 0 saturated heterocycles. The Balaban J connectivity index is 1.98. The average molecular weight is 395 g/mol. The molecule has 0 bridgehead atoms. The van der Waals surface area contributed by atoms with Crippen LogP contribution < -0.4 is 9.46 Å². The third-order valence-electron chi connectivity index (χ3n) is 3.59. The molecule has 132 valence electrons. The molecule has 1 aromatic carbocycles. The number of nitrogens with one attached hydrogen (secondary N) is 1. The molecular formula is C17H18N2O3S3. The molecule has 5 nitrogen and oxygen atoms in total. The van der Waals surface area contributed by atoms with Crippen LogP contribution in [0.3, 0.4) is 0 Å². The Morgan fingerprint density at radius 1 is 1.16 bits per heavy atom. The summed E-state index contributed by atoms with van der Waals surface area (Å²) in [5.74, 6) is 0.484. The number of thiophene rings is 1. The van der Waals surface area contributed by atoms with Gasteiger partial charge in [-0.2, -0.15) is 0 Å². The highest BCUT2D eigenvalue weighted by Gasteiger charge is 2.23. The Labute approximate surface area is 155 Å². The standard InChI is InChI=1S/C17H18N2O3S3/c1-10-5-6-14(22-4)13(7-10)19-25(20,21)16-8-15(24-12(16)3)17-18-11(2)9-23-17/h5-9,19H,1-4H3. The fraction of sp³-hybridized carbons (Fsp3) is 0.235. The zero-order valence-corrected chi connectivity index (χ0v) is 16.7. The van der Waals surface area contributed by atoms with E-state index in [2.05, 4.69) is 9.71 Å². The molecule has 2 heterocycles. The smallest absolute Gasteiger partial charge is 0.263 e. The number of benzene rings is 1. The van der Waals surface area contributed by atoms with E-state index in [1.165, 1.54) is 29.8 Å². The number of nitrogens with zero attached hydrogens (tertiary/aromatic N) is 1. The highest BCUT2D eigenvalue weighted by atomic mass is 32.2. The Morgan fingerprint density at radius 3 is 2.56 bits per heavy atom. The van der Waals surface area contributed by atoms with E-state index in [0.717, 1.165) is 26.0 Å². The number of anilines is 1. The topological polar surface area (TPSA) is 68.3 Å². The van der Waals surface area contributed by atoms with Gasteiger partial charge in [-0.3, -0.25) is 4.72 Å². The molecule has 25 heavy (non-hydrogen) atoms. The lowest BCUT2D eigenvalue weighted by Crippen LogP contribution is -2.14. The van der Waals surface area contributed by atoms with Crippen LogP contribution in [0.5, 0.6) is 5.75 Å². The molecule has 0 aliphatic carbocycles. The van der Waals surface area contributed by atoms with Crippen molar-refractivity contribution in [1.82, 2.24) is 4.98 Å². The molecular weight excluding hydrogens is 376 g/mol. The molecule has 3 aromatic rings.